The van der Waals surface area contributed by atoms with Crippen LogP contribution in [0.1, 0.15) is 22.4 Å². The topological polar surface area (TPSA) is 86.9 Å². The number of ether oxygens (including phenoxy) is 1. The summed E-state index contributed by atoms with van der Waals surface area (Å²) in [7, 11) is 3.75. The molecule has 0 fully saturated rings. The number of nitrogens with zero attached hydrogens (tertiary/aromatic N) is 5. The largest absolute Gasteiger partial charge is 0.468 e. The van der Waals surface area contributed by atoms with E-state index in [1.807, 2.05) is 44.8 Å². The van der Waals surface area contributed by atoms with Crippen LogP contribution < -0.4 is 10.1 Å². The summed E-state index contributed by atoms with van der Waals surface area (Å²) in [5, 5.41) is 12.9. The quantitative estimate of drug-likeness (QED) is 0.485. The standard InChI is InChI=1S/C24H28N6O2/c1-15-6-8-18(9-7-15)10-11-25-20(31)14-32-21-12-16(2)22-23(28-30(5)24(22)26-21)19-13-17(3)27-29(19)4/h6-9,12-13H,10-11,14H2,1-5H3,(H,25,31). The van der Waals surface area contributed by atoms with Crippen molar-refractivity contribution in [2.45, 2.75) is 27.2 Å². The molecule has 1 amide bonds. The van der Waals surface area contributed by atoms with Gasteiger partial charge in [-0.05, 0) is 44.4 Å². The van der Waals surface area contributed by atoms with Crippen molar-refractivity contribution in [1.82, 2.24) is 29.9 Å². The van der Waals surface area contributed by atoms with Gasteiger partial charge in [-0.25, -0.2) is 4.68 Å². The number of benzene rings is 1. The Kier molecular flexibility index (Phi) is 5.94. The molecule has 166 valence electrons. The molecule has 0 bridgehead atoms. The smallest absolute Gasteiger partial charge is 0.258 e. The summed E-state index contributed by atoms with van der Waals surface area (Å²) in [6.45, 7) is 6.48. The Morgan fingerprint density at radius 1 is 1.03 bits per heavy atom. The van der Waals surface area contributed by atoms with E-state index in [2.05, 4.69) is 51.7 Å². The predicted molar refractivity (Wildman–Crippen MR) is 124 cm³/mol. The second-order valence-corrected chi connectivity index (χ2v) is 8.12. The maximum atomic E-state index is 12.2. The van der Waals surface area contributed by atoms with Gasteiger partial charge in [-0.2, -0.15) is 15.2 Å². The average Bonchev–Trinajstić information content (AvgIpc) is 3.26. The van der Waals surface area contributed by atoms with Crippen molar-refractivity contribution in [3.63, 3.8) is 0 Å². The summed E-state index contributed by atoms with van der Waals surface area (Å²) < 4.78 is 9.24. The van der Waals surface area contributed by atoms with Gasteiger partial charge in [-0.1, -0.05) is 29.8 Å². The molecule has 1 N–H and O–H groups in total. The Balaban J connectivity index is 1.42. The van der Waals surface area contributed by atoms with Crippen LogP contribution in [0.2, 0.25) is 0 Å². The van der Waals surface area contributed by atoms with Crippen LogP contribution in [0.3, 0.4) is 0 Å². The molecule has 0 spiro atoms. The van der Waals surface area contributed by atoms with Crippen LogP contribution in [0, 0.1) is 20.8 Å². The highest BCUT2D eigenvalue weighted by molar-refractivity contribution is 5.93. The second kappa shape index (κ2) is 8.82. The number of pyridine rings is 1. The number of rotatable bonds is 7. The number of hydrogen-bond donors (Lipinski definition) is 1. The molecule has 0 radical (unpaired) electrons. The fourth-order valence-corrected chi connectivity index (χ4v) is 3.78. The molecule has 8 heteroatoms. The van der Waals surface area contributed by atoms with Gasteiger partial charge in [-0.15, -0.1) is 0 Å². The predicted octanol–water partition coefficient (Wildman–Crippen LogP) is 3.03. The molecule has 3 heterocycles. The highest BCUT2D eigenvalue weighted by atomic mass is 16.5. The lowest BCUT2D eigenvalue weighted by atomic mass is 10.1. The van der Waals surface area contributed by atoms with Gasteiger partial charge in [0.05, 0.1) is 16.8 Å². The van der Waals surface area contributed by atoms with Gasteiger partial charge in [-0.3, -0.25) is 9.48 Å². The van der Waals surface area contributed by atoms with E-state index in [0.29, 0.717) is 18.1 Å². The monoisotopic (exact) mass is 432 g/mol. The number of fused-ring (bicyclic) bond motifs is 1. The van der Waals surface area contributed by atoms with Crippen LogP contribution in [0.5, 0.6) is 5.88 Å². The van der Waals surface area contributed by atoms with E-state index in [4.69, 9.17) is 4.74 Å². The summed E-state index contributed by atoms with van der Waals surface area (Å²) in [5.41, 5.74) is 6.79. The van der Waals surface area contributed by atoms with Gasteiger partial charge in [0.2, 0.25) is 5.88 Å². The van der Waals surface area contributed by atoms with E-state index in [0.717, 1.165) is 34.5 Å². The number of carbonyl (C=O) groups excluding carboxylic acids is 1. The Morgan fingerprint density at radius 3 is 2.47 bits per heavy atom. The molecule has 1 aromatic carbocycles. The third-order valence-corrected chi connectivity index (χ3v) is 5.42. The Bertz CT molecular complexity index is 1270. The van der Waals surface area contributed by atoms with Crippen molar-refractivity contribution >= 4 is 16.9 Å². The van der Waals surface area contributed by atoms with Crippen molar-refractivity contribution in [2.24, 2.45) is 14.1 Å². The maximum Gasteiger partial charge on any atom is 0.258 e. The first-order chi connectivity index (χ1) is 15.3. The van der Waals surface area contributed by atoms with Crippen LogP contribution in [0.4, 0.5) is 0 Å². The summed E-state index contributed by atoms with van der Waals surface area (Å²) in [4.78, 5) is 16.8. The Labute approximate surface area is 187 Å². The molecule has 0 aliphatic rings. The highest BCUT2D eigenvalue weighted by Crippen LogP contribution is 2.31. The third-order valence-electron chi connectivity index (χ3n) is 5.42. The van der Waals surface area contributed by atoms with Gasteiger partial charge in [0.1, 0.15) is 5.69 Å². The van der Waals surface area contributed by atoms with Gasteiger partial charge < -0.3 is 10.1 Å². The van der Waals surface area contributed by atoms with E-state index in [-0.39, 0.29) is 12.5 Å². The Hall–Kier alpha value is -3.68. The first kappa shape index (κ1) is 21.5. The minimum absolute atomic E-state index is 0.0858. The second-order valence-electron chi connectivity index (χ2n) is 8.12. The number of aromatic nitrogens is 5. The van der Waals surface area contributed by atoms with Crippen molar-refractivity contribution in [3.05, 3.63) is 58.8 Å². The molecule has 0 aliphatic carbocycles. The van der Waals surface area contributed by atoms with Crippen molar-refractivity contribution < 1.29 is 9.53 Å². The summed E-state index contributed by atoms with van der Waals surface area (Å²) >= 11 is 0. The number of aryl methyl sites for hydroxylation is 5. The molecule has 0 unspecified atom stereocenters. The molecule has 3 aromatic heterocycles. The van der Waals surface area contributed by atoms with Gasteiger partial charge >= 0.3 is 0 Å². The SMILES string of the molecule is Cc1ccc(CCNC(=O)COc2cc(C)c3c(-c4cc(C)nn4C)nn(C)c3n2)cc1. The van der Waals surface area contributed by atoms with E-state index >= 15 is 0 Å². The lowest BCUT2D eigenvalue weighted by molar-refractivity contribution is -0.123. The van der Waals surface area contributed by atoms with Crippen molar-refractivity contribution in [1.29, 1.82) is 0 Å². The number of nitrogens with one attached hydrogen (secondary N) is 1. The minimum atomic E-state index is -0.173. The molecule has 32 heavy (non-hydrogen) atoms. The molecule has 4 rings (SSSR count). The van der Waals surface area contributed by atoms with E-state index in [1.165, 1.54) is 11.1 Å². The molecule has 0 atom stereocenters. The number of carbonyl (C=O) groups is 1. The molecular formula is C24H28N6O2. The van der Waals surface area contributed by atoms with Crippen LogP contribution in [-0.2, 0) is 25.3 Å². The minimum Gasteiger partial charge on any atom is -0.468 e. The van der Waals surface area contributed by atoms with E-state index in [9.17, 15) is 4.79 Å². The number of amides is 1. The van der Waals surface area contributed by atoms with Crippen LogP contribution >= 0.6 is 0 Å². The van der Waals surface area contributed by atoms with E-state index in [1.54, 1.807) is 4.68 Å². The normalized spacial score (nSPS) is 11.2. The Morgan fingerprint density at radius 2 is 1.78 bits per heavy atom. The molecular weight excluding hydrogens is 404 g/mol. The molecule has 8 nitrogen and oxygen atoms in total. The van der Waals surface area contributed by atoms with Crippen molar-refractivity contribution in [2.75, 3.05) is 13.2 Å². The highest BCUT2D eigenvalue weighted by Gasteiger charge is 2.19. The number of hydrogen-bond acceptors (Lipinski definition) is 5. The summed E-state index contributed by atoms with van der Waals surface area (Å²) in [6, 6.07) is 12.2. The zero-order valence-electron chi connectivity index (χ0n) is 19.1. The lowest BCUT2D eigenvalue weighted by Crippen LogP contribution is -2.30. The van der Waals surface area contributed by atoms with Crippen LogP contribution in [0.25, 0.3) is 22.4 Å². The van der Waals surface area contributed by atoms with Gasteiger partial charge in [0, 0.05) is 26.7 Å². The van der Waals surface area contributed by atoms with Crippen molar-refractivity contribution in [3.8, 4) is 17.3 Å². The molecule has 0 saturated heterocycles. The average molecular weight is 433 g/mol. The molecule has 0 saturated carbocycles. The zero-order valence-corrected chi connectivity index (χ0v) is 19.1. The summed E-state index contributed by atoms with van der Waals surface area (Å²) in [5.74, 6) is 0.229. The van der Waals surface area contributed by atoms with E-state index < -0.39 is 0 Å². The van der Waals surface area contributed by atoms with Crippen LogP contribution in [0.15, 0.2) is 36.4 Å². The third kappa shape index (κ3) is 4.49. The molecule has 0 aliphatic heterocycles. The fraction of sp³-hybridized carbons (Fsp3) is 0.333. The fourth-order valence-electron chi connectivity index (χ4n) is 3.78. The lowest BCUT2D eigenvalue weighted by Gasteiger charge is -2.09. The van der Waals surface area contributed by atoms with Gasteiger partial charge in [0.25, 0.3) is 5.91 Å². The maximum absolute atomic E-state index is 12.2. The first-order valence-corrected chi connectivity index (χ1v) is 10.6. The zero-order chi connectivity index (χ0) is 22.8. The molecule has 4 aromatic rings. The first-order valence-electron chi connectivity index (χ1n) is 10.6. The summed E-state index contributed by atoms with van der Waals surface area (Å²) in [6.07, 6.45) is 0.778. The van der Waals surface area contributed by atoms with Gasteiger partial charge in [0.15, 0.2) is 12.3 Å². The van der Waals surface area contributed by atoms with Crippen LogP contribution in [-0.4, -0.2) is 43.6 Å².